The summed E-state index contributed by atoms with van der Waals surface area (Å²) in [5.74, 6) is -0.598. The van der Waals surface area contributed by atoms with Crippen LogP contribution in [0.4, 0.5) is 0 Å². The predicted octanol–water partition coefficient (Wildman–Crippen LogP) is 3.06. The summed E-state index contributed by atoms with van der Waals surface area (Å²) in [5.41, 5.74) is 0.390. The lowest BCUT2D eigenvalue weighted by Crippen LogP contribution is -2.13. The highest BCUT2D eigenvalue weighted by molar-refractivity contribution is 6.14. The third-order valence-corrected chi connectivity index (χ3v) is 4.00. The van der Waals surface area contributed by atoms with E-state index in [1.165, 1.54) is 12.3 Å². The quantitative estimate of drug-likeness (QED) is 0.568. The molecule has 3 rings (SSSR count). The maximum absolute atomic E-state index is 12.8. The summed E-state index contributed by atoms with van der Waals surface area (Å²) in [5, 5.41) is 20.9. The number of aromatic amines is 1. The molecule has 1 heterocycles. The molecule has 25 heavy (non-hydrogen) atoms. The number of aromatic hydroxyl groups is 1. The standard InChI is InChI=1S/C20H14N2O3/c1-2-5-12-9-17(19(24)16-7-4-3-6-15(12)16)18(23)14-8-13(10-21)20(25)22-11-14/h2-4,6-9,11,24H,1,5H2,(H,22,25). The van der Waals surface area contributed by atoms with Crippen molar-refractivity contribution in [2.45, 2.75) is 6.42 Å². The number of pyridine rings is 1. The summed E-state index contributed by atoms with van der Waals surface area (Å²) in [6.07, 6.45) is 3.50. The average molecular weight is 330 g/mol. The maximum atomic E-state index is 12.8. The number of aromatic nitrogens is 1. The van der Waals surface area contributed by atoms with Crippen molar-refractivity contribution in [3.63, 3.8) is 0 Å². The van der Waals surface area contributed by atoms with Crippen LogP contribution in [0.2, 0.25) is 0 Å². The predicted molar refractivity (Wildman–Crippen MR) is 94.7 cm³/mol. The third-order valence-electron chi connectivity index (χ3n) is 4.00. The van der Waals surface area contributed by atoms with E-state index in [0.29, 0.717) is 11.8 Å². The van der Waals surface area contributed by atoms with Gasteiger partial charge in [0, 0.05) is 17.1 Å². The van der Waals surface area contributed by atoms with Crippen molar-refractivity contribution in [3.8, 4) is 11.8 Å². The minimum atomic E-state index is -0.561. The van der Waals surface area contributed by atoms with Crippen molar-refractivity contribution in [2.75, 3.05) is 0 Å². The topological polar surface area (TPSA) is 94.0 Å². The second-order valence-electron chi connectivity index (χ2n) is 5.54. The number of allylic oxidation sites excluding steroid dienone is 1. The lowest BCUT2D eigenvalue weighted by atomic mass is 9.93. The second kappa shape index (κ2) is 6.46. The fourth-order valence-corrected chi connectivity index (χ4v) is 2.79. The Kier molecular flexibility index (Phi) is 4.19. The van der Waals surface area contributed by atoms with E-state index in [1.807, 2.05) is 12.1 Å². The second-order valence-corrected chi connectivity index (χ2v) is 5.54. The van der Waals surface area contributed by atoms with E-state index in [2.05, 4.69) is 11.6 Å². The molecule has 5 nitrogen and oxygen atoms in total. The number of hydrogen-bond acceptors (Lipinski definition) is 4. The van der Waals surface area contributed by atoms with Gasteiger partial charge in [0.1, 0.15) is 17.4 Å². The van der Waals surface area contributed by atoms with Crippen LogP contribution in [0, 0.1) is 11.3 Å². The van der Waals surface area contributed by atoms with Crippen molar-refractivity contribution in [1.82, 2.24) is 4.98 Å². The van der Waals surface area contributed by atoms with E-state index in [1.54, 1.807) is 30.3 Å². The van der Waals surface area contributed by atoms with Crippen LogP contribution in [0.25, 0.3) is 10.8 Å². The zero-order chi connectivity index (χ0) is 18.0. The Morgan fingerprint density at radius 2 is 2.00 bits per heavy atom. The van der Waals surface area contributed by atoms with Crippen LogP contribution in [-0.2, 0) is 6.42 Å². The molecule has 0 saturated carbocycles. The molecule has 2 aromatic carbocycles. The van der Waals surface area contributed by atoms with Gasteiger partial charge in [-0.2, -0.15) is 5.26 Å². The number of nitrogens with zero attached hydrogens (tertiary/aromatic N) is 1. The van der Waals surface area contributed by atoms with E-state index in [4.69, 9.17) is 5.26 Å². The molecule has 0 saturated heterocycles. The van der Waals surface area contributed by atoms with Gasteiger partial charge in [-0.05, 0) is 29.5 Å². The van der Waals surface area contributed by atoms with E-state index in [0.717, 1.165) is 10.9 Å². The van der Waals surface area contributed by atoms with E-state index >= 15 is 0 Å². The number of carbonyl (C=O) groups excluding carboxylic acids is 1. The number of hydrogen-bond donors (Lipinski definition) is 2. The number of phenolic OH excluding ortho intramolecular Hbond substituents is 1. The summed E-state index contributed by atoms with van der Waals surface area (Å²) in [6.45, 7) is 3.73. The number of phenols is 1. The van der Waals surface area contributed by atoms with Crippen molar-refractivity contribution in [3.05, 3.63) is 87.9 Å². The number of nitrogens with one attached hydrogen (secondary N) is 1. The van der Waals surface area contributed by atoms with Gasteiger partial charge in [0.25, 0.3) is 5.56 Å². The normalized spacial score (nSPS) is 10.4. The molecule has 3 aromatic rings. The molecular weight excluding hydrogens is 316 g/mol. The van der Waals surface area contributed by atoms with Gasteiger partial charge in [0.05, 0.1) is 5.56 Å². The van der Waals surface area contributed by atoms with E-state index in [-0.39, 0.29) is 22.4 Å². The smallest absolute Gasteiger partial charge is 0.265 e. The third kappa shape index (κ3) is 2.81. The number of carbonyl (C=O) groups is 1. The van der Waals surface area contributed by atoms with Crippen LogP contribution in [0.15, 0.2) is 60.0 Å². The lowest BCUT2D eigenvalue weighted by Gasteiger charge is -2.12. The molecule has 0 aliphatic heterocycles. The SMILES string of the molecule is C=CCc1cc(C(=O)c2c[nH]c(=O)c(C#N)c2)c(O)c2ccccc12. The molecule has 0 spiro atoms. The highest BCUT2D eigenvalue weighted by Crippen LogP contribution is 2.33. The minimum absolute atomic E-state index is 0.117. The molecule has 122 valence electrons. The van der Waals surface area contributed by atoms with Gasteiger partial charge in [-0.1, -0.05) is 30.3 Å². The van der Waals surface area contributed by atoms with Gasteiger partial charge >= 0.3 is 0 Å². The molecule has 5 heteroatoms. The molecule has 1 aromatic heterocycles. The zero-order valence-corrected chi connectivity index (χ0v) is 13.2. The highest BCUT2D eigenvalue weighted by atomic mass is 16.3. The van der Waals surface area contributed by atoms with E-state index < -0.39 is 11.3 Å². The zero-order valence-electron chi connectivity index (χ0n) is 13.2. The number of rotatable bonds is 4. The molecule has 0 atom stereocenters. The molecule has 0 unspecified atom stereocenters. The van der Waals surface area contributed by atoms with Gasteiger partial charge in [-0.25, -0.2) is 0 Å². The number of nitriles is 1. The van der Waals surface area contributed by atoms with Crippen LogP contribution < -0.4 is 5.56 Å². The Balaban J connectivity index is 2.23. The fraction of sp³-hybridized carbons (Fsp3) is 0.0500. The molecule has 0 aliphatic rings. The summed E-state index contributed by atoms with van der Waals surface area (Å²) >= 11 is 0. The van der Waals surface area contributed by atoms with Gasteiger partial charge in [0.15, 0.2) is 5.78 Å². The van der Waals surface area contributed by atoms with Crippen LogP contribution in [0.1, 0.15) is 27.0 Å². The first-order valence-electron chi connectivity index (χ1n) is 7.58. The molecule has 0 aliphatic carbocycles. The monoisotopic (exact) mass is 330 g/mol. The Morgan fingerprint density at radius 1 is 1.28 bits per heavy atom. The Labute approximate surface area is 143 Å². The fourth-order valence-electron chi connectivity index (χ4n) is 2.79. The van der Waals surface area contributed by atoms with Crippen molar-refractivity contribution < 1.29 is 9.90 Å². The summed E-state index contributed by atoms with van der Waals surface area (Å²) in [4.78, 5) is 26.7. The van der Waals surface area contributed by atoms with Crippen LogP contribution in [0.3, 0.4) is 0 Å². The van der Waals surface area contributed by atoms with E-state index in [9.17, 15) is 14.7 Å². The molecule has 2 N–H and O–H groups in total. The van der Waals surface area contributed by atoms with Gasteiger partial charge in [-0.15, -0.1) is 6.58 Å². The number of fused-ring (bicyclic) bond motifs is 1. The van der Waals surface area contributed by atoms with Crippen molar-refractivity contribution in [2.24, 2.45) is 0 Å². The van der Waals surface area contributed by atoms with Gasteiger partial charge in [0.2, 0.25) is 0 Å². The minimum Gasteiger partial charge on any atom is -0.507 e. The summed E-state index contributed by atoms with van der Waals surface area (Å²) < 4.78 is 0. The summed E-state index contributed by atoms with van der Waals surface area (Å²) in [7, 11) is 0. The summed E-state index contributed by atoms with van der Waals surface area (Å²) in [6, 6.07) is 11.8. The largest absolute Gasteiger partial charge is 0.507 e. The average Bonchev–Trinajstić information content (AvgIpc) is 2.64. The maximum Gasteiger partial charge on any atom is 0.265 e. The van der Waals surface area contributed by atoms with Crippen LogP contribution in [-0.4, -0.2) is 15.9 Å². The first-order chi connectivity index (χ1) is 12.1. The molecule has 0 amide bonds. The van der Waals surface area contributed by atoms with Crippen molar-refractivity contribution >= 4 is 16.6 Å². The Morgan fingerprint density at radius 3 is 2.68 bits per heavy atom. The van der Waals surface area contributed by atoms with Crippen LogP contribution >= 0.6 is 0 Å². The first kappa shape index (κ1) is 16.2. The lowest BCUT2D eigenvalue weighted by molar-refractivity contribution is 0.103. The number of H-pyrrole nitrogens is 1. The first-order valence-corrected chi connectivity index (χ1v) is 7.58. The highest BCUT2D eigenvalue weighted by Gasteiger charge is 2.19. The van der Waals surface area contributed by atoms with Crippen LogP contribution in [0.5, 0.6) is 5.75 Å². The molecular formula is C20H14N2O3. The van der Waals surface area contributed by atoms with Gasteiger partial charge in [-0.3, -0.25) is 9.59 Å². The molecule has 0 radical (unpaired) electrons. The number of benzene rings is 2. The molecule has 0 fully saturated rings. The number of ketones is 1. The Bertz CT molecular complexity index is 1100. The van der Waals surface area contributed by atoms with Crippen molar-refractivity contribution in [1.29, 1.82) is 5.26 Å². The Hall–Kier alpha value is -3.65. The van der Waals surface area contributed by atoms with Gasteiger partial charge < -0.3 is 10.1 Å². The molecule has 0 bridgehead atoms.